The van der Waals surface area contributed by atoms with E-state index in [-0.39, 0.29) is 6.54 Å². The van der Waals surface area contributed by atoms with Gasteiger partial charge in [-0.2, -0.15) is 0 Å². The molecule has 0 saturated carbocycles. The van der Waals surface area contributed by atoms with Crippen molar-refractivity contribution in [2.45, 2.75) is 44.9 Å². The summed E-state index contributed by atoms with van der Waals surface area (Å²) in [7, 11) is 0. The average molecular weight is 318 g/mol. The maximum atomic E-state index is 12.0. The summed E-state index contributed by atoms with van der Waals surface area (Å²) in [6.07, 6.45) is 3.54. The lowest BCUT2D eigenvalue weighted by molar-refractivity contribution is 0.00202. The number of hydrogen-bond acceptors (Lipinski definition) is 4. The van der Waals surface area contributed by atoms with Crippen molar-refractivity contribution in [1.29, 1.82) is 0 Å². The number of carbonyl (C=O) groups is 1. The van der Waals surface area contributed by atoms with Crippen molar-refractivity contribution in [3.63, 3.8) is 0 Å². The van der Waals surface area contributed by atoms with Crippen LogP contribution >= 0.6 is 0 Å². The molecule has 0 aromatic heterocycles. The van der Waals surface area contributed by atoms with E-state index in [2.05, 4.69) is 16.6 Å². The highest BCUT2D eigenvalue weighted by Crippen LogP contribution is 2.11. The van der Waals surface area contributed by atoms with E-state index in [1.807, 2.05) is 51.1 Å². The van der Waals surface area contributed by atoms with E-state index >= 15 is 0 Å². The standard InChI is InChI=1S/C18H26N2O3/c1-5-11-19-13-15(21)16(12-14-9-7-6-8-10-14)23-17(22)20-18(2,3)4/h1,6-10,15-16,19,21H,11-13H2,2-4H3,(H,20,22)/t15-,16+/m1/s1. The van der Waals surface area contributed by atoms with Crippen LogP contribution in [-0.4, -0.2) is 42.0 Å². The predicted octanol–water partition coefficient (Wildman–Crippen LogP) is 1.71. The van der Waals surface area contributed by atoms with Crippen molar-refractivity contribution < 1.29 is 14.6 Å². The van der Waals surface area contributed by atoms with Crippen molar-refractivity contribution in [2.75, 3.05) is 13.1 Å². The number of terminal acetylenes is 1. The molecule has 0 aliphatic rings. The molecule has 0 heterocycles. The lowest BCUT2D eigenvalue weighted by Crippen LogP contribution is -2.46. The molecule has 0 saturated heterocycles. The number of benzene rings is 1. The molecule has 0 radical (unpaired) electrons. The Morgan fingerprint density at radius 2 is 2.00 bits per heavy atom. The Bertz CT molecular complexity index is 517. The minimum atomic E-state index is -0.853. The van der Waals surface area contributed by atoms with E-state index in [0.717, 1.165) is 5.56 Å². The Labute approximate surface area is 138 Å². The molecule has 0 fully saturated rings. The molecule has 1 aromatic rings. The molecule has 126 valence electrons. The molecule has 0 spiro atoms. The molecule has 1 amide bonds. The molecule has 23 heavy (non-hydrogen) atoms. The van der Waals surface area contributed by atoms with Gasteiger partial charge in [-0.3, -0.25) is 0 Å². The number of rotatable bonds is 7. The van der Waals surface area contributed by atoms with Gasteiger partial charge in [0.25, 0.3) is 0 Å². The largest absolute Gasteiger partial charge is 0.443 e. The molecule has 0 aliphatic carbocycles. The fraction of sp³-hybridized carbons (Fsp3) is 0.500. The van der Waals surface area contributed by atoms with E-state index in [9.17, 15) is 9.90 Å². The van der Waals surface area contributed by atoms with Crippen LogP contribution in [0, 0.1) is 12.3 Å². The van der Waals surface area contributed by atoms with Crippen molar-refractivity contribution in [1.82, 2.24) is 10.6 Å². The van der Waals surface area contributed by atoms with E-state index in [1.54, 1.807) is 0 Å². The van der Waals surface area contributed by atoms with Gasteiger partial charge in [-0.1, -0.05) is 36.3 Å². The number of aliphatic hydroxyl groups excluding tert-OH is 1. The topological polar surface area (TPSA) is 70.6 Å². The van der Waals surface area contributed by atoms with Crippen LogP contribution in [0.2, 0.25) is 0 Å². The first-order chi connectivity index (χ1) is 10.8. The van der Waals surface area contributed by atoms with Crippen LogP contribution in [-0.2, 0) is 11.2 Å². The van der Waals surface area contributed by atoms with Gasteiger partial charge in [0.15, 0.2) is 0 Å². The van der Waals surface area contributed by atoms with E-state index in [0.29, 0.717) is 13.0 Å². The van der Waals surface area contributed by atoms with Crippen molar-refractivity contribution in [3.05, 3.63) is 35.9 Å². The number of ether oxygens (including phenoxy) is 1. The van der Waals surface area contributed by atoms with Crippen LogP contribution in [0.5, 0.6) is 0 Å². The second kappa shape index (κ2) is 9.19. The van der Waals surface area contributed by atoms with Gasteiger partial charge in [0.2, 0.25) is 0 Å². The third-order valence-corrected chi connectivity index (χ3v) is 3.02. The van der Waals surface area contributed by atoms with Crippen molar-refractivity contribution >= 4 is 6.09 Å². The van der Waals surface area contributed by atoms with Gasteiger partial charge >= 0.3 is 6.09 Å². The number of aliphatic hydroxyl groups is 1. The normalized spacial score (nSPS) is 13.7. The number of alkyl carbamates (subject to hydrolysis) is 1. The highest BCUT2D eigenvalue weighted by Gasteiger charge is 2.25. The molecule has 2 atom stereocenters. The van der Waals surface area contributed by atoms with Gasteiger partial charge in [0.05, 0.1) is 6.54 Å². The number of amides is 1. The summed E-state index contributed by atoms with van der Waals surface area (Å²) in [6.45, 7) is 6.20. The first-order valence-electron chi connectivity index (χ1n) is 7.67. The van der Waals surface area contributed by atoms with Crippen molar-refractivity contribution in [3.8, 4) is 12.3 Å². The van der Waals surface area contributed by atoms with Crippen LogP contribution in [0.4, 0.5) is 4.79 Å². The Balaban J connectivity index is 2.71. The minimum Gasteiger partial charge on any atom is -0.443 e. The van der Waals surface area contributed by atoms with Crippen LogP contribution in [0.3, 0.4) is 0 Å². The fourth-order valence-electron chi connectivity index (χ4n) is 2.00. The van der Waals surface area contributed by atoms with Gasteiger partial charge in [-0.25, -0.2) is 4.79 Å². The zero-order chi connectivity index (χ0) is 17.3. The molecule has 3 N–H and O–H groups in total. The summed E-state index contributed by atoms with van der Waals surface area (Å²) < 4.78 is 5.43. The maximum absolute atomic E-state index is 12.0. The Morgan fingerprint density at radius 3 is 2.57 bits per heavy atom. The lowest BCUT2D eigenvalue weighted by atomic mass is 10.0. The average Bonchev–Trinajstić information content (AvgIpc) is 2.46. The lowest BCUT2D eigenvalue weighted by Gasteiger charge is -2.26. The van der Waals surface area contributed by atoms with Gasteiger partial charge in [0.1, 0.15) is 12.2 Å². The van der Waals surface area contributed by atoms with E-state index < -0.39 is 23.8 Å². The van der Waals surface area contributed by atoms with Crippen molar-refractivity contribution in [2.24, 2.45) is 0 Å². The Morgan fingerprint density at radius 1 is 1.35 bits per heavy atom. The smallest absolute Gasteiger partial charge is 0.407 e. The second-order valence-electron chi connectivity index (χ2n) is 6.41. The van der Waals surface area contributed by atoms with E-state index in [1.165, 1.54) is 0 Å². The maximum Gasteiger partial charge on any atom is 0.407 e. The molecular formula is C18H26N2O3. The number of nitrogens with one attached hydrogen (secondary N) is 2. The molecule has 5 nitrogen and oxygen atoms in total. The number of carbonyl (C=O) groups excluding carboxylic acids is 1. The molecule has 1 rings (SSSR count). The summed E-state index contributed by atoms with van der Waals surface area (Å²) in [6, 6.07) is 9.59. The highest BCUT2D eigenvalue weighted by molar-refractivity contribution is 5.68. The van der Waals surface area contributed by atoms with Crippen LogP contribution < -0.4 is 10.6 Å². The molecule has 1 aromatic carbocycles. The molecule has 5 heteroatoms. The minimum absolute atomic E-state index is 0.254. The first kappa shape index (κ1) is 19.0. The highest BCUT2D eigenvalue weighted by atomic mass is 16.6. The van der Waals surface area contributed by atoms with Gasteiger partial charge < -0.3 is 20.5 Å². The SMILES string of the molecule is C#CCNC[C@@H](O)[C@H](Cc1ccccc1)OC(=O)NC(C)(C)C. The monoisotopic (exact) mass is 318 g/mol. The molecular weight excluding hydrogens is 292 g/mol. The Kier molecular flexibility index (Phi) is 7.60. The molecule has 0 aliphatic heterocycles. The first-order valence-corrected chi connectivity index (χ1v) is 7.67. The summed E-state index contributed by atoms with van der Waals surface area (Å²) >= 11 is 0. The van der Waals surface area contributed by atoms with Gasteiger partial charge in [-0.15, -0.1) is 6.42 Å². The zero-order valence-corrected chi connectivity index (χ0v) is 14.0. The molecule has 0 unspecified atom stereocenters. The van der Waals surface area contributed by atoms with Gasteiger partial charge in [-0.05, 0) is 26.3 Å². The summed E-state index contributed by atoms with van der Waals surface area (Å²) in [4.78, 5) is 12.0. The van der Waals surface area contributed by atoms with Crippen LogP contribution in [0.25, 0.3) is 0 Å². The van der Waals surface area contributed by atoms with E-state index in [4.69, 9.17) is 11.2 Å². The summed E-state index contributed by atoms with van der Waals surface area (Å²) in [5, 5.41) is 16.0. The quantitative estimate of drug-likeness (QED) is 0.529. The summed E-state index contributed by atoms with van der Waals surface area (Å²) in [5.41, 5.74) is 0.582. The van der Waals surface area contributed by atoms with Gasteiger partial charge in [0, 0.05) is 18.5 Å². The predicted molar refractivity (Wildman–Crippen MR) is 91.0 cm³/mol. The molecule has 0 bridgehead atoms. The summed E-state index contributed by atoms with van der Waals surface area (Å²) in [5.74, 6) is 2.44. The fourth-order valence-corrected chi connectivity index (χ4v) is 2.00. The zero-order valence-electron chi connectivity index (χ0n) is 14.0. The Hall–Kier alpha value is -2.03. The number of hydrogen-bond donors (Lipinski definition) is 3. The van der Waals surface area contributed by atoms with Crippen LogP contribution in [0.15, 0.2) is 30.3 Å². The second-order valence-corrected chi connectivity index (χ2v) is 6.41. The van der Waals surface area contributed by atoms with Crippen LogP contribution in [0.1, 0.15) is 26.3 Å². The third-order valence-electron chi connectivity index (χ3n) is 3.02. The third kappa shape index (κ3) is 8.24.